The van der Waals surface area contributed by atoms with Gasteiger partial charge in [-0.25, -0.2) is 0 Å². The largest absolute Gasteiger partial charge is 0.391 e. The predicted molar refractivity (Wildman–Crippen MR) is 74.8 cm³/mol. The van der Waals surface area contributed by atoms with Crippen molar-refractivity contribution in [2.24, 2.45) is 23.2 Å². The summed E-state index contributed by atoms with van der Waals surface area (Å²) in [5.41, 5.74) is -0.218. The van der Waals surface area contributed by atoms with Crippen LogP contribution in [-0.2, 0) is 9.59 Å². The van der Waals surface area contributed by atoms with Gasteiger partial charge in [-0.15, -0.1) is 0 Å². The molecular formula is C15H23F3N2O2. The first kappa shape index (κ1) is 17.1. The molecule has 0 bridgehead atoms. The van der Waals surface area contributed by atoms with Gasteiger partial charge in [0, 0.05) is 25.6 Å². The molecule has 0 unspecified atom stereocenters. The Morgan fingerprint density at radius 1 is 1.18 bits per heavy atom. The topological polar surface area (TPSA) is 49.4 Å². The van der Waals surface area contributed by atoms with E-state index in [-0.39, 0.29) is 49.1 Å². The Labute approximate surface area is 128 Å². The number of likely N-dealkylation sites (tertiary alicyclic amines) is 1. The van der Waals surface area contributed by atoms with Crippen molar-refractivity contribution >= 4 is 11.8 Å². The number of nitrogens with zero attached hydrogens (tertiary/aromatic N) is 1. The van der Waals surface area contributed by atoms with Crippen LogP contribution >= 0.6 is 0 Å². The molecule has 2 atom stereocenters. The third-order valence-corrected chi connectivity index (χ3v) is 4.83. The fourth-order valence-corrected chi connectivity index (χ4v) is 3.34. The van der Waals surface area contributed by atoms with Crippen molar-refractivity contribution in [3.8, 4) is 0 Å². The highest BCUT2D eigenvalue weighted by atomic mass is 19.4. The molecule has 2 fully saturated rings. The fourth-order valence-electron chi connectivity index (χ4n) is 3.34. The van der Waals surface area contributed by atoms with Crippen LogP contribution in [0.3, 0.4) is 0 Å². The first-order valence-corrected chi connectivity index (χ1v) is 7.65. The van der Waals surface area contributed by atoms with Gasteiger partial charge in [0.1, 0.15) is 5.92 Å². The number of amides is 2. The monoisotopic (exact) mass is 320 g/mol. The average Bonchev–Trinajstić information content (AvgIpc) is 2.79. The highest BCUT2D eigenvalue weighted by molar-refractivity contribution is 6.02. The molecule has 2 rings (SSSR count). The van der Waals surface area contributed by atoms with Crippen LogP contribution < -0.4 is 5.32 Å². The summed E-state index contributed by atoms with van der Waals surface area (Å²) in [5, 5.41) is 2.71. The summed E-state index contributed by atoms with van der Waals surface area (Å²) in [6.45, 7) is 6.49. The normalized spacial score (nSPS) is 27.9. The average molecular weight is 320 g/mol. The van der Waals surface area contributed by atoms with Gasteiger partial charge in [-0.2, -0.15) is 13.2 Å². The number of carbonyl (C=O) groups excluding carboxylic acids is 2. The van der Waals surface area contributed by atoms with Crippen molar-refractivity contribution in [1.29, 1.82) is 0 Å². The van der Waals surface area contributed by atoms with E-state index in [2.05, 4.69) is 5.32 Å². The Hall–Kier alpha value is -1.27. The number of piperidine rings is 1. The Morgan fingerprint density at radius 2 is 1.73 bits per heavy atom. The lowest BCUT2D eigenvalue weighted by Gasteiger charge is -2.36. The van der Waals surface area contributed by atoms with E-state index in [1.165, 1.54) is 4.90 Å². The van der Waals surface area contributed by atoms with Crippen LogP contribution in [0.4, 0.5) is 13.2 Å². The van der Waals surface area contributed by atoms with E-state index >= 15 is 0 Å². The molecule has 0 saturated carbocycles. The van der Waals surface area contributed by atoms with Crippen molar-refractivity contribution in [3.63, 3.8) is 0 Å². The van der Waals surface area contributed by atoms with Crippen molar-refractivity contribution in [2.75, 3.05) is 19.6 Å². The molecule has 0 aromatic rings. The maximum Gasteiger partial charge on any atom is 0.391 e. The van der Waals surface area contributed by atoms with E-state index in [4.69, 9.17) is 0 Å². The van der Waals surface area contributed by atoms with Crippen molar-refractivity contribution < 1.29 is 22.8 Å². The van der Waals surface area contributed by atoms with Gasteiger partial charge < -0.3 is 10.2 Å². The molecule has 22 heavy (non-hydrogen) atoms. The molecule has 4 nitrogen and oxygen atoms in total. The first-order chi connectivity index (χ1) is 10.0. The summed E-state index contributed by atoms with van der Waals surface area (Å²) in [6, 6.07) is 0. The Bertz CT molecular complexity index is 449. The zero-order valence-electron chi connectivity index (χ0n) is 13.2. The standard InChI is InChI=1S/C15H23F3N2O2/c1-14(2,3)10-8-19-12(21)11(10)13(22)20-6-4-9(5-7-20)15(16,17)18/h9-11H,4-8H2,1-3H3,(H,19,21)/t10-,11+/m1/s1. The van der Waals surface area contributed by atoms with E-state index < -0.39 is 18.0 Å². The molecule has 0 aliphatic carbocycles. The van der Waals surface area contributed by atoms with Gasteiger partial charge in [-0.3, -0.25) is 9.59 Å². The van der Waals surface area contributed by atoms with Crippen LogP contribution in [-0.4, -0.2) is 42.5 Å². The fraction of sp³-hybridized carbons (Fsp3) is 0.867. The van der Waals surface area contributed by atoms with Crippen LogP contribution in [0.2, 0.25) is 0 Å². The first-order valence-electron chi connectivity index (χ1n) is 7.65. The molecule has 2 amide bonds. The smallest absolute Gasteiger partial charge is 0.355 e. The van der Waals surface area contributed by atoms with Crippen LogP contribution in [0, 0.1) is 23.2 Å². The Balaban J connectivity index is 2.04. The molecule has 126 valence electrons. The molecule has 2 saturated heterocycles. The second kappa shape index (κ2) is 5.74. The van der Waals surface area contributed by atoms with Gasteiger partial charge in [0.25, 0.3) is 0 Å². The van der Waals surface area contributed by atoms with Gasteiger partial charge in [0.15, 0.2) is 0 Å². The minimum atomic E-state index is -4.20. The summed E-state index contributed by atoms with van der Waals surface area (Å²) in [5.74, 6) is -2.87. The van der Waals surface area contributed by atoms with E-state index in [1.54, 1.807) is 0 Å². The number of halogens is 3. The number of alkyl halides is 3. The summed E-state index contributed by atoms with van der Waals surface area (Å²) < 4.78 is 38.0. The van der Waals surface area contributed by atoms with Crippen molar-refractivity contribution in [1.82, 2.24) is 10.2 Å². The van der Waals surface area contributed by atoms with E-state index in [1.807, 2.05) is 20.8 Å². The third kappa shape index (κ3) is 3.38. The lowest BCUT2D eigenvalue weighted by Crippen LogP contribution is -2.48. The molecule has 2 heterocycles. The lowest BCUT2D eigenvalue weighted by atomic mass is 9.74. The van der Waals surface area contributed by atoms with Crippen molar-refractivity contribution in [3.05, 3.63) is 0 Å². The van der Waals surface area contributed by atoms with E-state index in [9.17, 15) is 22.8 Å². The Morgan fingerprint density at radius 3 is 2.18 bits per heavy atom. The predicted octanol–water partition coefficient (Wildman–Crippen LogP) is 2.20. The van der Waals surface area contributed by atoms with Gasteiger partial charge in [-0.1, -0.05) is 20.8 Å². The van der Waals surface area contributed by atoms with Crippen molar-refractivity contribution in [2.45, 2.75) is 39.8 Å². The zero-order chi connectivity index (χ0) is 16.7. The molecule has 0 aromatic heterocycles. The second-order valence-electron chi connectivity index (χ2n) is 7.34. The molecule has 1 N–H and O–H groups in total. The van der Waals surface area contributed by atoms with Crippen LogP contribution in [0.25, 0.3) is 0 Å². The van der Waals surface area contributed by atoms with Crippen LogP contribution in [0.15, 0.2) is 0 Å². The minimum absolute atomic E-state index is 0.0731. The zero-order valence-corrected chi connectivity index (χ0v) is 13.2. The molecule has 0 radical (unpaired) electrons. The highest BCUT2D eigenvalue weighted by Crippen LogP contribution is 2.38. The van der Waals surface area contributed by atoms with Gasteiger partial charge in [-0.05, 0) is 18.3 Å². The quantitative estimate of drug-likeness (QED) is 0.753. The third-order valence-electron chi connectivity index (χ3n) is 4.83. The summed E-state index contributed by atoms with van der Waals surface area (Å²) in [6.07, 6.45) is -4.36. The number of rotatable bonds is 1. The molecule has 2 aliphatic heterocycles. The highest BCUT2D eigenvalue weighted by Gasteiger charge is 2.48. The van der Waals surface area contributed by atoms with Crippen LogP contribution in [0.5, 0.6) is 0 Å². The summed E-state index contributed by atoms with van der Waals surface area (Å²) >= 11 is 0. The minimum Gasteiger partial charge on any atom is -0.355 e. The van der Waals surface area contributed by atoms with E-state index in [0.717, 1.165) is 0 Å². The molecule has 2 aliphatic rings. The summed E-state index contributed by atoms with van der Waals surface area (Å²) in [4.78, 5) is 26.0. The van der Waals surface area contributed by atoms with Gasteiger partial charge >= 0.3 is 6.18 Å². The van der Waals surface area contributed by atoms with Gasteiger partial charge in [0.05, 0.1) is 5.92 Å². The molecule has 7 heteroatoms. The number of hydrogen-bond acceptors (Lipinski definition) is 2. The number of hydrogen-bond donors (Lipinski definition) is 1. The number of carbonyl (C=O) groups is 2. The van der Waals surface area contributed by atoms with Crippen LogP contribution in [0.1, 0.15) is 33.6 Å². The maximum atomic E-state index is 12.7. The number of nitrogens with one attached hydrogen (secondary N) is 1. The van der Waals surface area contributed by atoms with E-state index in [0.29, 0.717) is 6.54 Å². The molecule has 0 spiro atoms. The molecular weight excluding hydrogens is 297 g/mol. The maximum absolute atomic E-state index is 12.7. The van der Waals surface area contributed by atoms with Gasteiger partial charge in [0.2, 0.25) is 11.8 Å². The SMILES string of the molecule is CC(C)(C)[C@@H]1CNC(=O)[C@H]1C(=O)N1CCC(C(F)(F)F)CC1. The molecule has 0 aromatic carbocycles. The second-order valence-corrected chi connectivity index (χ2v) is 7.34. The Kier molecular flexibility index (Phi) is 4.46. The summed E-state index contributed by atoms with van der Waals surface area (Å²) in [7, 11) is 0. The lowest BCUT2D eigenvalue weighted by molar-refractivity contribution is -0.187.